The maximum absolute atomic E-state index is 12.5. The Balaban J connectivity index is 1.54. The molecule has 3 aromatic carbocycles. The highest BCUT2D eigenvalue weighted by Gasteiger charge is 2.19. The van der Waals surface area contributed by atoms with E-state index in [9.17, 15) is 14.4 Å². The minimum atomic E-state index is -1.01. The van der Waals surface area contributed by atoms with Crippen molar-refractivity contribution < 1.29 is 23.9 Å². The summed E-state index contributed by atoms with van der Waals surface area (Å²) in [5.74, 6) is -0.752. The van der Waals surface area contributed by atoms with Crippen LogP contribution in [0.25, 0.3) is 0 Å². The molecule has 3 rings (SSSR count). The molecule has 0 spiro atoms. The molecule has 1 atom stereocenters. The largest absolute Gasteiger partial charge is 0.489 e. The minimum Gasteiger partial charge on any atom is -0.489 e. The number of esters is 1. The van der Waals surface area contributed by atoms with Crippen LogP contribution < -0.4 is 15.4 Å². The molecule has 7 nitrogen and oxygen atoms in total. The van der Waals surface area contributed by atoms with Gasteiger partial charge in [0.2, 0.25) is 5.91 Å². The van der Waals surface area contributed by atoms with Crippen molar-refractivity contribution in [2.24, 2.45) is 0 Å². The first-order valence-electron chi connectivity index (χ1n) is 10.1. The molecular formula is C25H24N2O5. The van der Waals surface area contributed by atoms with Gasteiger partial charge in [0.1, 0.15) is 12.4 Å². The number of anilines is 2. The van der Waals surface area contributed by atoms with Crippen LogP contribution >= 0.6 is 0 Å². The summed E-state index contributed by atoms with van der Waals surface area (Å²) in [4.78, 5) is 35.9. The van der Waals surface area contributed by atoms with Crippen LogP contribution in [0.2, 0.25) is 0 Å². The Kier molecular flexibility index (Phi) is 7.59. The molecule has 0 aliphatic carbocycles. The van der Waals surface area contributed by atoms with Gasteiger partial charge in [-0.3, -0.25) is 9.59 Å². The third kappa shape index (κ3) is 6.70. The van der Waals surface area contributed by atoms with Gasteiger partial charge in [0, 0.05) is 18.3 Å². The van der Waals surface area contributed by atoms with E-state index in [0.29, 0.717) is 23.7 Å². The highest BCUT2D eigenvalue weighted by Crippen LogP contribution is 2.17. The zero-order valence-electron chi connectivity index (χ0n) is 17.8. The van der Waals surface area contributed by atoms with Crippen molar-refractivity contribution in [1.29, 1.82) is 0 Å². The standard InChI is InChI=1S/C25H24N2O5/c1-17(24(29)27-22-13-11-21(12-14-22)26-18(2)28)32-25(30)20-9-6-10-23(15-20)31-16-19-7-4-3-5-8-19/h3-15,17H,16H2,1-2H3,(H,26,28)(H,27,29). The Hall–Kier alpha value is -4.13. The molecule has 7 heteroatoms. The third-order valence-electron chi connectivity index (χ3n) is 4.44. The summed E-state index contributed by atoms with van der Waals surface area (Å²) in [5, 5.41) is 5.32. The molecule has 0 aromatic heterocycles. The normalized spacial score (nSPS) is 11.2. The van der Waals surface area contributed by atoms with E-state index in [0.717, 1.165) is 5.56 Å². The van der Waals surface area contributed by atoms with Gasteiger partial charge in [-0.15, -0.1) is 0 Å². The molecule has 2 amide bonds. The number of carbonyl (C=O) groups excluding carboxylic acids is 3. The van der Waals surface area contributed by atoms with Crippen LogP contribution in [0.1, 0.15) is 29.8 Å². The van der Waals surface area contributed by atoms with Crippen LogP contribution in [0.15, 0.2) is 78.9 Å². The molecule has 0 fully saturated rings. The van der Waals surface area contributed by atoms with Crippen LogP contribution in [-0.2, 0) is 20.9 Å². The summed E-state index contributed by atoms with van der Waals surface area (Å²) in [5.41, 5.74) is 2.43. The fourth-order valence-corrected chi connectivity index (χ4v) is 2.82. The molecule has 32 heavy (non-hydrogen) atoms. The lowest BCUT2D eigenvalue weighted by Crippen LogP contribution is -2.30. The average Bonchev–Trinajstić information content (AvgIpc) is 2.79. The average molecular weight is 432 g/mol. The summed E-state index contributed by atoms with van der Waals surface area (Å²) in [6, 6.07) is 22.9. The van der Waals surface area contributed by atoms with Crippen LogP contribution in [0, 0.1) is 0 Å². The van der Waals surface area contributed by atoms with E-state index in [2.05, 4.69) is 10.6 Å². The summed E-state index contributed by atoms with van der Waals surface area (Å²) in [6.45, 7) is 3.28. The summed E-state index contributed by atoms with van der Waals surface area (Å²) >= 11 is 0. The first-order chi connectivity index (χ1) is 15.4. The molecule has 0 aliphatic rings. The number of ether oxygens (including phenoxy) is 2. The zero-order valence-corrected chi connectivity index (χ0v) is 17.8. The predicted octanol–water partition coefficient (Wildman–Crippen LogP) is 4.41. The van der Waals surface area contributed by atoms with Crippen molar-refractivity contribution in [2.45, 2.75) is 26.6 Å². The van der Waals surface area contributed by atoms with Gasteiger partial charge in [-0.25, -0.2) is 4.79 Å². The molecule has 164 valence electrons. The first-order valence-corrected chi connectivity index (χ1v) is 10.1. The number of benzene rings is 3. The molecule has 3 aromatic rings. The Labute approximate surface area is 186 Å². The van der Waals surface area contributed by atoms with E-state index in [1.54, 1.807) is 48.5 Å². The smallest absolute Gasteiger partial charge is 0.339 e. The number of nitrogens with one attached hydrogen (secondary N) is 2. The second-order valence-corrected chi connectivity index (χ2v) is 7.10. The molecule has 2 N–H and O–H groups in total. The van der Waals surface area contributed by atoms with Crippen molar-refractivity contribution in [1.82, 2.24) is 0 Å². The van der Waals surface area contributed by atoms with Gasteiger partial charge in [-0.1, -0.05) is 36.4 Å². The van der Waals surface area contributed by atoms with E-state index in [-0.39, 0.29) is 11.5 Å². The fraction of sp³-hybridized carbons (Fsp3) is 0.160. The second kappa shape index (κ2) is 10.8. The lowest BCUT2D eigenvalue weighted by molar-refractivity contribution is -0.123. The molecule has 0 aliphatic heterocycles. The Morgan fingerprint density at radius 3 is 2.16 bits per heavy atom. The summed E-state index contributed by atoms with van der Waals surface area (Å²) in [6.07, 6.45) is -1.01. The SMILES string of the molecule is CC(=O)Nc1ccc(NC(=O)C(C)OC(=O)c2cccc(OCc3ccccc3)c2)cc1. The Morgan fingerprint density at radius 2 is 1.50 bits per heavy atom. The minimum absolute atomic E-state index is 0.183. The van der Waals surface area contributed by atoms with Crippen LogP contribution in [-0.4, -0.2) is 23.9 Å². The van der Waals surface area contributed by atoms with Gasteiger partial charge in [0.25, 0.3) is 5.91 Å². The Morgan fingerprint density at radius 1 is 0.844 bits per heavy atom. The number of hydrogen-bond acceptors (Lipinski definition) is 5. The molecule has 0 radical (unpaired) electrons. The van der Waals surface area contributed by atoms with E-state index in [1.807, 2.05) is 30.3 Å². The monoisotopic (exact) mass is 432 g/mol. The third-order valence-corrected chi connectivity index (χ3v) is 4.44. The van der Waals surface area contributed by atoms with E-state index >= 15 is 0 Å². The Bertz CT molecular complexity index is 1080. The predicted molar refractivity (Wildman–Crippen MR) is 121 cm³/mol. The van der Waals surface area contributed by atoms with Gasteiger partial charge < -0.3 is 20.1 Å². The van der Waals surface area contributed by atoms with Gasteiger partial charge in [-0.05, 0) is 55.0 Å². The maximum Gasteiger partial charge on any atom is 0.339 e. The van der Waals surface area contributed by atoms with Gasteiger partial charge in [0.05, 0.1) is 5.56 Å². The highest BCUT2D eigenvalue weighted by atomic mass is 16.5. The number of rotatable bonds is 8. The van der Waals surface area contributed by atoms with Crippen molar-refractivity contribution in [2.75, 3.05) is 10.6 Å². The molecule has 0 saturated carbocycles. The van der Waals surface area contributed by atoms with E-state index < -0.39 is 18.0 Å². The summed E-state index contributed by atoms with van der Waals surface area (Å²) in [7, 11) is 0. The maximum atomic E-state index is 12.5. The van der Waals surface area contributed by atoms with Gasteiger partial charge in [0.15, 0.2) is 6.10 Å². The lowest BCUT2D eigenvalue weighted by atomic mass is 10.2. The van der Waals surface area contributed by atoms with Gasteiger partial charge in [-0.2, -0.15) is 0 Å². The van der Waals surface area contributed by atoms with E-state index in [1.165, 1.54) is 13.8 Å². The van der Waals surface area contributed by atoms with Crippen molar-refractivity contribution in [3.63, 3.8) is 0 Å². The first kappa shape index (κ1) is 22.6. The van der Waals surface area contributed by atoms with Crippen LogP contribution in [0.3, 0.4) is 0 Å². The zero-order chi connectivity index (χ0) is 22.9. The van der Waals surface area contributed by atoms with Gasteiger partial charge >= 0.3 is 5.97 Å². The number of amides is 2. The van der Waals surface area contributed by atoms with Crippen LogP contribution in [0.5, 0.6) is 5.75 Å². The molecule has 0 bridgehead atoms. The summed E-state index contributed by atoms with van der Waals surface area (Å²) < 4.78 is 11.0. The number of carbonyl (C=O) groups is 3. The number of hydrogen-bond donors (Lipinski definition) is 2. The van der Waals surface area contributed by atoms with Crippen molar-refractivity contribution in [3.8, 4) is 5.75 Å². The van der Waals surface area contributed by atoms with E-state index in [4.69, 9.17) is 9.47 Å². The highest BCUT2D eigenvalue weighted by molar-refractivity contribution is 5.97. The topological polar surface area (TPSA) is 93.7 Å². The lowest BCUT2D eigenvalue weighted by Gasteiger charge is -2.14. The molecule has 0 saturated heterocycles. The van der Waals surface area contributed by atoms with Crippen molar-refractivity contribution >= 4 is 29.2 Å². The van der Waals surface area contributed by atoms with Crippen molar-refractivity contribution in [3.05, 3.63) is 90.0 Å². The quantitative estimate of drug-likeness (QED) is 0.515. The van der Waals surface area contributed by atoms with Crippen LogP contribution in [0.4, 0.5) is 11.4 Å². The second-order valence-electron chi connectivity index (χ2n) is 7.10. The molecule has 0 heterocycles. The molecule has 1 unspecified atom stereocenters. The fourth-order valence-electron chi connectivity index (χ4n) is 2.82. The molecular weight excluding hydrogens is 408 g/mol.